The molecule has 16 heavy (non-hydrogen) atoms. The van der Waals surface area contributed by atoms with Gasteiger partial charge < -0.3 is 20.2 Å². The van der Waals surface area contributed by atoms with Crippen LogP contribution in [-0.2, 0) is 16.0 Å². The maximum absolute atomic E-state index is 10.4. The molecule has 1 aromatic rings. The Kier molecular flexibility index (Phi) is 5.60. The van der Waals surface area contributed by atoms with E-state index in [0.29, 0.717) is 19.2 Å². The lowest BCUT2D eigenvalue weighted by molar-refractivity contribution is -0.122. The second-order valence-electron chi connectivity index (χ2n) is 3.66. The molecular weight excluding hydrogens is 208 g/mol. The first kappa shape index (κ1) is 12.7. The van der Waals surface area contributed by atoms with Crippen molar-refractivity contribution in [2.24, 2.45) is 5.73 Å². The number of hydrogen-bond acceptors (Lipinski definition) is 4. The van der Waals surface area contributed by atoms with Gasteiger partial charge in [0.2, 0.25) is 5.91 Å². The molecule has 1 unspecified atom stereocenters. The number of primary amides is 1. The van der Waals surface area contributed by atoms with Crippen LogP contribution in [0.5, 0.6) is 0 Å². The number of amides is 1. The van der Waals surface area contributed by atoms with E-state index < -0.39 is 5.91 Å². The molecule has 5 heteroatoms. The highest BCUT2D eigenvalue weighted by atomic mass is 16.5. The average Bonchev–Trinajstić information content (AvgIpc) is 2.69. The Bertz CT molecular complexity index is 298. The normalized spacial score (nSPS) is 12.6. The van der Waals surface area contributed by atoms with E-state index in [4.69, 9.17) is 14.9 Å². The van der Waals surface area contributed by atoms with E-state index >= 15 is 0 Å². The smallest absolute Gasteiger partial charge is 0.243 e. The molecule has 5 nitrogen and oxygen atoms in total. The summed E-state index contributed by atoms with van der Waals surface area (Å²) < 4.78 is 10.3. The first-order valence-corrected chi connectivity index (χ1v) is 5.30. The minimum absolute atomic E-state index is 0.0196. The largest absolute Gasteiger partial charge is 0.469 e. The van der Waals surface area contributed by atoms with Crippen LogP contribution in [0.1, 0.15) is 12.7 Å². The third-order valence-electron chi connectivity index (χ3n) is 2.07. The highest BCUT2D eigenvalue weighted by Crippen LogP contribution is 2.03. The molecule has 0 saturated heterocycles. The van der Waals surface area contributed by atoms with Crippen molar-refractivity contribution in [1.29, 1.82) is 0 Å². The molecule has 0 bridgehead atoms. The molecule has 90 valence electrons. The molecule has 0 fully saturated rings. The standard InChI is InChI=1S/C11H18N2O3/c1-9(7-10-3-2-5-16-10)13-4-6-15-8-11(12)14/h2-3,5,9,13H,4,6-8H2,1H3,(H2,12,14). The number of rotatable bonds is 8. The molecular formula is C11H18N2O3. The van der Waals surface area contributed by atoms with Crippen LogP contribution < -0.4 is 11.1 Å². The Morgan fingerprint density at radius 3 is 3.12 bits per heavy atom. The van der Waals surface area contributed by atoms with Crippen LogP contribution in [0.4, 0.5) is 0 Å². The van der Waals surface area contributed by atoms with E-state index in [1.54, 1.807) is 6.26 Å². The molecule has 1 atom stereocenters. The van der Waals surface area contributed by atoms with Gasteiger partial charge in [0.15, 0.2) is 0 Å². The Morgan fingerprint density at radius 1 is 1.69 bits per heavy atom. The van der Waals surface area contributed by atoms with Gasteiger partial charge in [0.1, 0.15) is 12.4 Å². The molecule has 0 aliphatic heterocycles. The van der Waals surface area contributed by atoms with E-state index in [-0.39, 0.29) is 6.61 Å². The second-order valence-corrected chi connectivity index (χ2v) is 3.66. The van der Waals surface area contributed by atoms with Crippen LogP contribution in [0.15, 0.2) is 22.8 Å². The summed E-state index contributed by atoms with van der Waals surface area (Å²) in [5.74, 6) is 0.515. The lowest BCUT2D eigenvalue weighted by Crippen LogP contribution is -2.32. The Labute approximate surface area is 94.9 Å². The van der Waals surface area contributed by atoms with Crippen LogP contribution >= 0.6 is 0 Å². The van der Waals surface area contributed by atoms with Gasteiger partial charge in [0.25, 0.3) is 0 Å². The second kappa shape index (κ2) is 7.03. The lowest BCUT2D eigenvalue weighted by Gasteiger charge is -2.11. The molecule has 0 spiro atoms. The summed E-state index contributed by atoms with van der Waals surface area (Å²) >= 11 is 0. The summed E-state index contributed by atoms with van der Waals surface area (Å²) in [4.78, 5) is 10.4. The van der Waals surface area contributed by atoms with E-state index in [1.165, 1.54) is 0 Å². The van der Waals surface area contributed by atoms with Gasteiger partial charge in [-0.1, -0.05) is 0 Å². The molecule has 1 rings (SSSR count). The fourth-order valence-electron chi connectivity index (χ4n) is 1.35. The minimum Gasteiger partial charge on any atom is -0.469 e. The number of nitrogens with two attached hydrogens (primary N) is 1. The van der Waals surface area contributed by atoms with Crippen molar-refractivity contribution < 1.29 is 13.9 Å². The number of carbonyl (C=O) groups excluding carboxylic acids is 1. The highest BCUT2D eigenvalue weighted by Gasteiger charge is 2.04. The summed E-state index contributed by atoms with van der Waals surface area (Å²) in [7, 11) is 0. The van der Waals surface area contributed by atoms with Crippen molar-refractivity contribution in [1.82, 2.24) is 5.32 Å². The summed E-state index contributed by atoms with van der Waals surface area (Å²) in [5.41, 5.74) is 4.93. The van der Waals surface area contributed by atoms with Crippen molar-refractivity contribution in [2.45, 2.75) is 19.4 Å². The van der Waals surface area contributed by atoms with Crippen molar-refractivity contribution in [3.05, 3.63) is 24.2 Å². The molecule has 0 radical (unpaired) electrons. The summed E-state index contributed by atoms with van der Waals surface area (Å²) in [5, 5.41) is 3.26. The van der Waals surface area contributed by atoms with Gasteiger partial charge in [-0.2, -0.15) is 0 Å². The van der Waals surface area contributed by atoms with E-state index in [1.807, 2.05) is 12.1 Å². The molecule has 0 aliphatic carbocycles. The maximum Gasteiger partial charge on any atom is 0.243 e. The number of nitrogens with one attached hydrogen (secondary N) is 1. The molecule has 1 heterocycles. The van der Waals surface area contributed by atoms with Crippen LogP contribution in [0.2, 0.25) is 0 Å². The van der Waals surface area contributed by atoms with Gasteiger partial charge in [-0.25, -0.2) is 0 Å². The van der Waals surface area contributed by atoms with Crippen LogP contribution in [-0.4, -0.2) is 31.7 Å². The number of carbonyl (C=O) groups is 1. The first-order chi connectivity index (χ1) is 7.68. The number of furan rings is 1. The number of hydrogen-bond donors (Lipinski definition) is 2. The third-order valence-corrected chi connectivity index (χ3v) is 2.07. The summed E-state index contributed by atoms with van der Waals surface area (Å²) in [6.45, 7) is 3.21. The zero-order valence-electron chi connectivity index (χ0n) is 9.44. The Morgan fingerprint density at radius 2 is 2.50 bits per heavy atom. The third kappa shape index (κ3) is 5.53. The summed E-state index contributed by atoms with van der Waals surface area (Å²) in [6.07, 6.45) is 2.50. The predicted octanol–water partition coefficient (Wildman–Crippen LogP) is 0.302. The van der Waals surface area contributed by atoms with Gasteiger partial charge in [0, 0.05) is 19.0 Å². The molecule has 0 aliphatic rings. The van der Waals surface area contributed by atoms with E-state index in [9.17, 15) is 4.79 Å². The molecule has 1 amide bonds. The number of ether oxygens (including phenoxy) is 1. The van der Waals surface area contributed by atoms with Crippen molar-refractivity contribution in [3.63, 3.8) is 0 Å². The van der Waals surface area contributed by atoms with Crippen molar-refractivity contribution >= 4 is 5.91 Å². The quantitative estimate of drug-likeness (QED) is 0.625. The average molecular weight is 226 g/mol. The van der Waals surface area contributed by atoms with Crippen molar-refractivity contribution in [2.75, 3.05) is 19.8 Å². The lowest BCUT2D eigenvalue weighted by atomic mass is 10.2. The molecule has 0 saturated carbocycles. The highest BCUT2D eigenvalue weighted by molar-refractivity contribution is 5.74. The Balaban J connectivity index is 2.02. The Hall–Kier alpha value is -1.33. The maximum atomic E-state index is 10.4. The minimum atomic E-state index is -0.441. The van der Waals surface area contributed by atoms with Crippen LogP contribution in [0.3, 0.4) is 0 Å². The monoisotopic (exact) mass is 226 g/mol. The fraction of sp³-hybridized carbons (Fsp3) is 0.545. The van der Waals surface area contributed by atoms with Crippen LogP contribution in [0.25, 0.3) is 0 Å². The molecule has 0 aromatic carbocycles. The van der Waals surface area contributed by atoms with E-state index in [0.717, 1.165) is 12.2 Å². The van der Waals surface area contributed by atoms with Gasteiger partial charge in [0.05, 0.1) is 12.9 Å². The predicted molar refractivity (Wildman–Crippen MR) is 59.9 cm³/mol. The van der Waals surface area contributed by atoms with Crippen molar-refractivity contribution in [3.8, 4) is 0 Å². The molecule has 3 N–H and O–H groups in total. The van der Waals surface area contributed by atoms with E-state index in [2.05, 4.69) is 12.2 Å². The SMILES string of the molecule is CC(Cc1ccco1)NCCOCC(N)=O. The first-order valence-electron chi connectivity index (χ1n) is 5.30. The topological polar surface area (TPSA) is 77.5 Å². The van der Waals surface area contributed by atoms with Crippen LogP contribution in [0, 0.1) is 0 Å². The van der Waals surface area contributed by atoms with Gasteiger partial charge in [-0.3, -0.25) is 4.79 Å². The zero-order chi connectivity index (χ0) is 11.8. The van der Waals surface area contributed by atoms with Gasteiger partial charge in [-0.15, -0.1) is 0 Å². The summed E-state index contributed by atoms with van der Waals surface area (Å²) in [6, 6.07) is 4.13. The van der Waals surface area contributed by atoms with Gasteiger partial charge >= 0.3 is 0 Å². The molecule has 1 aromatic heterocycles. The fourth-order valence-corrected chi connectivity index (χ4v) is 1.35. The zero-order valence-corrected chi connectivity index (χ0v) is 9.44. The van der Waals surface area contributed by atoms with Gasteiger partial charge in [-0.05, 0) is 19.1 Å².